The number of alkyl halides is 3. The molecule has 0 saturated carbocycles. The molecule has 1 aromatic carbocycles. The number of rotatable bonds is 5. The number of carbonyl (C=O) groups excluding carboxylic acids is 1. The molecule has 1 fully saturated rings. The molecule has 0 radical (unpaired) electrons. The number of methoxy groups -OCH3 is 1. The number of carbonyl (C=O) groups is 1. The van der Waals surface area contributed by atoms with Gasteiger partial charge in [-0.25, -0.2) is 4.98 Å². The van der Waals surface area contributed by atoms with Crippen LogP contribution in [0.5, 0.6) is 11.5 Å². The lowest BCUT2D eigenvalue weighted by atomic mass is 10.2. The van der Waals surface area contributed by atoms with E-state index in [-0.39, 0.29) is 12.5 Å². The largest absolute Gasteiger partial charge is 0.497 e. The molecule has 1 aliphatic rings. The van der Waals surface area contributed by atoms with Crippen LogP contribution in [-0.4, -0.2) is 55.7 Å². The topological polar surface area (TPSA) is 54.9 Å². The van der Waals surface area contributed by atoms with Gasteiger partial charge in [0.05, 0.1) is 12.7 Å². The smallest absolute Gasteiger partial charge is 0.417 e. The molecule has 156 valence electrons. The van der Waals surface area contributed by atoms with Crippen LogP contribution in [0.15, 0.2) is 42.6 Å². The van der Waals surface area contributed by atoms with E-state index in [0.29, 0.717) is 49.9 Å². The number of benzene rings is 1. The van der Waals surface area contributed by atoms with Crippen molar-refractivity contribution in [2.75, 3.05) is 44.8 Å². The van der Waals surface area contributed by atoms with Gasteiger partial charge in [0, 0.05) is 32.4 Å². The van der Waals surface area contributed by atoms with Crippen LogP contribution in [0.25, 0.3) is 0 Å². The Balaban J connectivity index is 1.52. The van der Waals surface area contributed by atoms with Crippen LogP contribution < -0.4 is 14.4 Å². The number of halogens is 3. The van der Waals surface area contributed by atoms with Gasteiger partial charge in [0.2, 0.25) is 0 Å². The van der Waals surface area contributed by atoms with Gasteiger partial charge < -0.3 is 19.3 Å². The van der Waals surface area contributed by atoms with Crippen molar-refractivity contribution in [2.24, 2.45) is 0 Å². The minimum atomic E-state index is -4.41. The van der Waals surface area contributed by atoms with Gasteiger partial charge in [0.15, 0.2) is 6.61 Å². The summed E-state index contributed by atoms with van der Waals surface area (Å²) in [5.41, 5.74) is -0.774. The Labute approximate surface area is 166 Å². The van der Waals surface area contributed by atoms with Crippen LogP contribution in [0.3, 0.4) is 0 Å². The highest BCUT2D eigenvalue weighted by Crippen LogP contribution is 2.29. The second-order valence-corrected chi connectivity index (χ2v) is 6.59. The van der Waals surface area contributed by atoms with Crippen molar-refractivity contribution in [1.82, 2.24) is 9.88 Å². The summed E-state index contributed by atoms with van der Waals surface area (Å²) in [6, 6.07) is 9.35. The van der Waals surface area contributed by atoms with Crippen molar-refractivity contribution >= 4 is 11.7 Å². The zero-order valence-electron chi connectivity index (χ0n) is 16.0. The first-order chi connectivity index (χ1) is 13.9. The van der Waals surface area contributed by atoms with Crippen molar-refractivity contribution in [2.45, 2.75) is 12.6 Å². The van der Waals surface area contributed by atoms with Gasteiger partial charge in [0.1, 0.15) is 17.3 Å². The third kappa shape index (κ3) is 5.52. The maximum absolute atomic E-state index is 12.7. The van der Waals surface area contributed by atoms with Gasteiger partial charge in [0.25, 0.3) is 5.91 Å². The number of hydrogen-bond donors (Lipinski definition) is 0. The number of pyridine rings is 1. The number of nitrogens with zero attached hydrogens (tertiary/aromatic N) is 3. The Morgan fingerprint density at radius 3 is 2.38 bits per heavy atom. The Hall–Kier alpha value is -2.97. The molecule has 1 saturated heterocycles. The minimum Gasteiger partial charge on any atom is -0.497 e. The average molecular weight is 409 g/mol. The van der Waals surface area contributed by atoms with Gasteiger partial charge in [-0.1, -0.05) is 0 Å². The zero-order chi connectivity index (χ0) is 20.9. The molecule has 9 heteroatoms. The maximum Gasteiger partial charge on any atom is 0.417 e. The van der Waals surface area contributed by atoms with Crippen LogP contribution in [0, 0.1) is 0 Å². The Morgan fingerprint density at radius 1 is 1.03 bits per heavy atom. The lowest BCUT2D eigenvalue weighted by Gasteiger charge is -2.23. The molecule has 1 aliphatic heterocycles. The summed E-state index contributed by atoms with van der Waals surface area (Å²) in [7, 11) is 1.57. The predicted molar refractivity (Wildman–Crippen MR) is 101 cm³/mol. The summed E-state index contributed by atoms with van der Waals surface area (Å²) in [6.07, 6.45) is -2.87. The second-order valence-electron chi connectivity index (χ2n) is 6.59. The first kappa shape index (κ1) is 20.8. The van der Waals surface area contributed by atoms with Crippen molar-refractivity contribution < 1.29 is 27.4 Å². The molecule has 0 bridgehead atoms. The average Bonchev–Trinajstić information content (AvgIpc) is 2.98. The first-order valence-corrected chi connectivity index (χ1v) is 9.19. The van der Waals surface area contributed by atoms with E-state index >= 15 is 0 Å². The van der Waals surface area contributed by atoms with E-state index in [1.54, 1.807) is 36.3 Å². The third-order valence-corrected chi connectivity index (χ3v) is 4.67. The van der Waals surface area contributed by atoms with Gasteiger partial charge in [-0.05, 0) is 42.8 Å². The van der Waals surface area contributed by atoms with E-state index in [2.05, 4.69) is 4.98 Å². The number of ether oxygens (including phenoxy) is 2. The molecule has 1 amide bonds. The Morgan fingerprint density at radius 2 is 1.76 bits per heavy atom. The lowest BCUT2D eigenvalue weighted by molar-refractivity contribution is -0.137. The summed E-state index contributed by atoms with van der Waals surface area (Å²) in [5.74, 6) is 1.61. The van der Waals surface area contributed by atoms with Crippen molar-refractivity contribution in [3.8, 4) is 11.5 Å². The summed E-state index contributed by atoms with van der Waals surface area (Å²) in [6.45, 7) is 2.04. The van der Waals surface area contributed by atoms with Gasteiger partial charge in [-0.3, -0.25) is 4.79 Å². The fourth-order valence-corrected chi connectivity index (χ4v) is 3.05. The molecular formula is C20H22F3N3O3. The maximum atomic E-state index is 12.7. The highest BCUT2D eigenvalue weighted by molar-refractivity contribution is 5.77. The minimum absolute atomic E-state index is 0.0785. The normalized spacial score (nSPS) is 15.0. The molecule has 0 N–H and O–H groups in total. The van der Waals surface area contributed by atoms with Crippen molar-refractivity contribution in [3.63, 3.8) is 0 Å². The van der Waals surface area contributed by atoms with Gasteiger partial charge >= 0.3 is 6.18 Å². The van der Waals surface area contributed by atoms with Crippen LogP contribution in [0.2, 0.25) is 0 Å². The predicted octanol–water partition coefficient (Wildman–Crippen LogP) is 3.23. The standard InChI is InChI=1S/C20H22F3N3O3/c1-28-16-4-6-17(7-5-16)29-14-19(27)26-10-2-9-25(11-12-26)18-8-3-15(13-24-18)20(21,22)23/h3-8,13H,2,9-12,14H2,1H3. The van der Waals surface area contributed by atoms with E-state index in [9.17, 15) is 18.0 Å². The van der Waals surface area contributed by atoms with Crippen molar-refractivity contribution in [3.05, 3.63) is 48.2 Å². The lowest BCUT2D eigenvalue weighted by Crippen LogP contribution is -2.38. The molecule has 6 nitrogen and oxygen atoms in total. The summed E-state index contributed by atoms with van der Waals surface area (Å²) in [4.78, 5) is 20.0. The molecule has 29 heavy (non-hydrogen) atoms. The summed E-state index contributed by atoms with van der Waals surface area (Å²) < 4.78 is 48.7. The molecule has 2 aromatic rings. The number of aromatic nitrogens is 1. The molecule has 0 spiro atoms. The molecule has 2 heterocycles. The second kappa shape index (κ2) is 9.02. The fourth-order valence-electron chi connectivity index (χ4n) is 3.05. The Bertz CT molecular complexity index is 810. The summed E-state index contributed by atoms with van der Waals surface area (Å²) >= 11 is 0. The van der Waals surface area contributed by atoms with Crippen LogP contribution in [0.1, 0.15) is 12.0 Å². The zero-order valence-corrected chi connectivity index (χ0v) is 16.0. The van der Waals surface area contributed by atoms with Gasteiger partial charge in [-0.15, -0.1) is 0 Å². The van der Waals surface area contributed by atoms with Crippen LogP contribution in [-0.2, 0) is 11.0 Å². The molecule has 0 atom stereocenters. The van der Waals surface area contributed by atoms with Crippen LogP contribution in [0.4, 0.5) is 19.0 Å². The monoisotopic (exact) mass is 409 g/mol. The van der Waals surface area contributed by atoms with E-state index < -0.39 is 11.7 Å². The van der Waals surface area contributed by atoms with Crippen molar-refractivity contribution in [1.29, 1.82) is 0 Å². The fraction of sp³-hybridized carbons (Fsp3) is 0.400. The quantitative estimate of drug-likeness (QED) is 0.759. The molecule has 0 aliphatic carbocycles. The highest BCUT2D eigenvalue weighted by Gasteiger charge is 2.31. The van der Waals surface area contributed by atoms with E-state index in [0.717, 1.165) is 12.3 Å². The molecule has 3 rings (SSSR count). The first-order valence-electron chi connectivity index (χ1n) is 9.19. The van der Waals surface area contributed by atoms with E-state index in [4.69, 9.17) is 9.47 Å². The van der Waals surface area contributed by atoms with E-state index in [1.807, 2.05) is 4.90 Å². The number of amides is 1. The third-order valence-electron chi connectivity index (χ3n) is 4.67. The molecular weight excluding hydrogens is 387 g/mol. The number of hydrogen-bond acceptors (Lipinski definition) is 5. The molecule has 0 unspecified atom stereocenters. The van der Waals surface area contributed by atoms with E-state index in [1.165, 1.54) is 6.07 Å². The van der Waals surface area contributed by atoms with Crippen LogP contribution >= 0.6 is 0 Å². The van der Waals surface area contributed by atoms with Gasteiger partial charge in [-0.2, -0.15) is 13.2 Å². The summed E-state index contributed by atoms with van der Waals surface area (Å²) in [5, 5.41) is 0. The molecule has 1 aromatic heterocycles. The number of anilines is 1. The SMILES string of the molecule is COc1ccc(OCC(=O)N2CCCN(c3ccc(C(F)(F)F)cn3)CC2)cc1. The highest BCUT2D eigenvalue weighted by atomic mass is 19.4. The Kier molecular flexibility index (Phi) is 6.46.